The van der Waals surface area contributed by atoms with Crippen LogP contribution >= 0.6 is 15.9 Å². The second-order valence-corrected chi connectivity index (χ2v) is 5.13. The average Bonchev–Trinajstić information content (AvgIpc) is 2.45. The third kappa shape index (κ3) is 3.77. The molecule has 2 rings (SSSR count). The topological polar surface area (TPSA) is 29.0 Å². The van der Waals surface area contributed by atoms with E-state index in [9.17, 15) is 0 Å². The molecule has 0 amide bonds. The molecule has 0 saturated heterocycles. The molecule has 4 heteroatoms. The van der Waals surface area contributed by atoms with Crippen molar-refractivity contribution < 1.29 is 0 Å². The second kappa shape index (κ2) is 6.66. The van der Waals surface area contributed by atoms with Crippen LogP contribution in [0.5, 0.6) is 0 Å². The molecule has 0 atom stereocenters. The van der Waals surface area contributed by atoms with Crippen molar-refractivity contribution in [2.24, 2.45) is 0 Å². The van der Waals surface area contributed by atoms with Crippen LogP contribution in [0, 0.1) is 0 Å². The Kier molecular flexibility index (Phi) is 4.91. The Morgan fingerprint density at radius 1 is 1.11 bits per heavy atom. The van der Waals surface area contributed by atoms with E-state index in [1.165, 1.54) is 5.56 Å². The van der Waals surface area contributed by atoms with Crippen LogP contribution in [0.4, 0.5) is 5.82 Å². The minimum Gasteiger partial charge on any atom is -0.352 e. The molecule has 0 fully saturated rings. The van der Waals surface area contributed by atoms with Gasteiger partial charge in [-0.1, -0.05) is 37.3 Å². The highest BCUT2D eigenvalue weighted by molar-refractivity contribution is 9.10. The molecule has 0 N–H and O–H groups in total. The summed E-state index contributed by atoms with van der Waals surface area (Å²) in [5, 5.41) is 0. The zero-order chi connectivity index (χ0) is 13.7. The molecular weight excluding hydrogens is 302 g/mol. The van der Waals surface area contributed by atoms with Crippen molar-refractivity contribution in [2.45, 2.75) is 26.8 Å². The molecule has 1 heterocycles. The quantitative estimate of drug-likeness (QED) is 0.784. The van der Waals surface area contributed by atoms with E-state index in [1.807, 2.05) is 12.1 Å². The number of hydrogen-bond acceptors (Lipinski definition) is 3. The van der Waals surface area contributed by atoms with E-state index in [-0.39, 0.29) is 0 Å². The first-order chi connectivity index (χ1) is 9.22. The Bertz CT molecular complexity index is 528. The lowest BCUT2D eigenvalue weighted by molar-refractivity contribution is 0.794. The molecule has 0 unspecified atom stereocenters. The van der Waals surface area contributed by atoms with Gasteiger partial charge in [0.2, 0.25) is 0 Å². The number of halogens is 1. The Morgan fingerprint density at radius 3 is 2.47 bits per heavy atom. The van der Waals surface area contributed by atoms with Gasteiger partial charge < -0.3 is 4.90 Å². The summed E-state index contributed by atoms with van der Waals surface area (Å²) in [4.78, 5) is 11.2. The highest BCUT2D eigenvalue weighted by Gasteiger charge is 2.09. The highest BCUT2D eigenvalue weighted by atomic mass is 79.9. The summed E-state index contributed by atoms with van der Waals surface area (Å²) in [7, 11) is 0. The summed E-state index contributed by atoms with van der Waals surface area (Å²) in [5.74, 6) is 1.85. The zero-order valence-electron chi connectivity index (χ0n) is 11.3. The normalized spacial score (nSPS) is 10.5. The standard InChI is InChI=1S/C15H18BrN3/c1-3-14-17-13(16)10-15(18-14)19(4-2)11-12-8-6-5-7-9-12/h5-10H,3-4,11H2,1-2H3. The smallest absolute Gasteiger partial charge is 0.133 e. The molecule has 0 bridgehead atoms. The van der Waals surface area contributed by atoms with Crippen molar-refractivity contribution in [2.75, 3.05) is 11.4 Å². The van der Waals surface area contributed by atoms with Gasteiger partial charge in [0, 0.05) is 25.6 Å². The largest absolute Gasteiger partial charge is 0.352 e. The maximum Gasteiger partial charge on any atom is 0.133 e. The van der Waals surface area contributed by atoms with Gasteiger partial charge in [-0.25, -0.2) is 9.97 Å². The van der Waals surface area contributed by atoms with Crippen molar-refractivity contribution in [3.63, 3.8) is 0 Å². The summed E-state index contributed by atoms with van der Waals surface area (Å²) >= 11 is 3.46. The number of benzene rings is 1. The van der Waals surface area contributed by atoms with Crippen LogP contribution in [-0.4, -0.2) is 16.5 Å². The first kappa shape index (κ1) is 14.0. The maximum absolute atomic E-state index is 4.60. The van der Waals surface area contributed by atoms with Gasteiger partial charge in [0.05, 0.1) is 0 Å². The Labute approximate surface area is 122 Å². The molecule has 3 nitrogen and oxygen atoms in total. The summed E-state index contributed by atoms with van der Waals surface area (Å²) in [6.45, 7) is 6.00. The average molecular weight is 320 g/mol. The van der Waals surface area contributed by atoms with Crippen LogP contribution in [-0.2, 0) is 13.0 Å². The number of rotatable bonds is 5. The summed E-state index contributed by atoms with van der Waals surface area (Å²) in [6, 6.07) is 12.4. The first-order valence-corrected chi connectivity index (χ1v) is 7.34. The van der Waals surface area contributed by atoms with Crippen LogP contribution < -0.4 is 4.90 Å². The van der Waals surface area contributed by atoms with Gasteiger partial charge in [-0.2, -0.15) is 0 Å². The Balaban J connectivity index is 2.24. The summed E-state index contributed by atoms with van der Waals surface area (Å²) in [6.07, 6.45) is 0.843. The molecule has 19 heavy (non-hydrogen) atoms. The monoisotopic (exact) mass is 319 g/mol. The SMILES string of the molecule is CCc1nc(Br)cc(N(CC)Cc2ccccc2)n1. The van der Waals surface area contributed by atoms with Crippen LogP contribution in [0.3, 0.4) is 0 Å². The van der Waals surface area contributed by atoms with E-state index in [4.69, 9.17) is 0 Å². The number of aryl methyl sites for hydroxylation is 1. The predicted molar refractivity (Wildman–Crippen MR) is 82.3 cm³/mol. The van der Waals surface area contributed by atoms with Crippen LogP contribution in [0.1, 0.15) is 25.2 Å². The van der Waals surface area contributed by atoms with Gasteiger partial charge in [-0.05, 0) is 28.4 Å². The van der Waals surface area contributed by atoms with Crippen molar-refractivity contribution in [1.29, 1.82) is 0 Å². The Morgan fingerprint density at radius 2 is 1.84 bits per heavy atom. The fourth-order valence-corrected chi connectivity index (χ4v) is 2.34. The van der Waals surface area contributed by atoms with Gasteiger partial charge in [-0.3, -0.25) is 0 Å². The second-order valence-electron chi connectivity index (χ2n) is 4.32. The van der Waals surface area contributed by atoms with Gasteiger partial charge in [-0.15, -0.1) is 0 Å². The minimum absolute atomic E-state index is 0.843. The number of aromatic nitrogens is 2. The molecule has 2 aromatic rings. The molecule has 1 aromatic heterocycles. The fourth-order valence-electron chi connectivity index (χ4n) is 1.93. The fraction of sp³-hybridized carbons (Fsp3) is 0.333. The van der Waals surface area contributed by atoms with Crippen molar-refractivity contribution in [3.8, 4) is 0 Å². The molecule has 0 aliphatic heterocycles. The lowest BCUT2D eigenvalue weighted by Crippen LogP contribution is -2.23. The zero-order valence-corrected chi connectivity index (χ0v) is 12.9. The lowest BCUT2D eigenvalue weighted by Gasteiger charge is -2.22. The van der Waals surface area contributed by atoms with Crippen LogP contribution in [0.2, 0.25) is 0 Å². The first-order valence-electron chi connectivity index (χ1n) is 6.55. The van der Waals surface area contributed by atoms with Gasteiger partial charge >= 0.3 is 0 Å². The van der Waals surface area contributed by atoms with Crippen molar-refractivity contribution >= 4 is 21.7 Å². The third-order valence-corrected chi connectivity index (χ3v) is 3.37. The van der Waals surface area contributed by atoms with Gasteiger partial charge in [0.25, 0.3) is 0 Å². The molecule has 0 saturated carbocycles. The molecule has 0 radical (unpaired) electrons. The summed E-state index contributed by atoms with van der Waals surface area (Å²) < 4.78 is 0.848. The third-order valence-electron chi connectivity index (χ3n) is 2.97. The van der Waals surface area contributed by atoms with E-state index in [0.29, 0.717) is 0 Å². The lowest BCUT2D eigenvalue weighted by atomic mass is 10.2. The number of anilines is 1. The molecule has 0 aliphatic rings. The van der Waals surface area contributed by atoms with E-state index >= 15 is 0 Å². The van der Waals surface area contributed by atoms with E-state index < -0.39 is 0 Å². The maximum atomic E-state index is 4.60. The molecule has 0 spiro atoms. The van der Waals surface area contributed by atoms with Gasteiger partial charge in [0.1, 0.15) is 16.2 Å². The van der Waals surface area contributed by atoms with E-state index in [0.717, 1.165) is 35.8 Å². The van der Waals surface area contributed by atoms with E-state index in [2.05, 4.69) is 68.9 Å². The van der Waals surface area contributed by atoms with Gasteiger partial charge in [0.15, 0.2) is 0 Å². The molecular formula is C15H18BrN3. The van der Waals surface area contributed by atoms with Crippen molar-refractivity contribution in [3.05, 3.63) is 52.4 Å². The van der Waals surface area contributed by atoms with Crippen LogP contribution in [0.25, 0.3) is 0 Å². The Hall–Kier alpha value is -1.42. The molecule has 100 valence electrons. The van der Waals surface area contributed by atoms with E-state index in [1.54, 1.807) is 0 Å². The highest BCUT2D eigenvalue weighted by Crippen LogP contribution is 2.19. The van der Waals surface area contributed by atoms with Crippen LogP contribution in [0.15, 0.2) is 41.0 Å². The number of nitrogens with zero attached hydrogens (tertiary/aromatic N) is 3. The van der Waals surface area contributed by atoms with Crippen molar-refractivity contribution in [1.82, 2.24) is 9.97 Å². The molecule has 1 aromatic carbocycles. The molecule has 0 aliphatic carbocycles. The minimum atomic E-state index is 0.843. The number of hydrogen-bond donors (Lipinski definition) is 0. The predicted octanol–water partition coefficient (Wildman–Crippen LogP) is 3.83. The summed E-state index contributed by atoms with van der Waals surface area (Å²) in [5.41, 5.74) is 1.29.